The van der Waals surface area contributed by atoms with Crippen LogP contribution in [-0.2, 0) is 5.41 Å². The Bertz CT molecular complexity index is 456. The van der Waals surface area contributed by atoms with E-state index in [4.69, 9.17) is 4.52 Å². The maximum absolute atomic E-state index is 5.49. The van der Waals surface area contributed by atoms with Gasteiger partial charge < -0.3 is 4.52 Å². The lowest BCUT2D eigenvalue weighted by Crippen LogP contribution is -2.53. The van der Waals surface area contributed by atoms with Crippen molar-refractivity contribution in [1.29, 1.82) is 0 Å². The average molecular weight is 297 g/mol. The lowest BCUT2D eigenvalue weighted by atomic mass is 9.44. The quantitative estimate of drug-likeness (QED) is 0.793. The summed E-state index contributed by atoms with van der Waals surface area (Å²) in [4.78, 5) is 4.47. The highest BCUT2D eigenvalue weighted by molar-refractivity contribution is 9.10. The minimum Gasteiger partial charge on any atom is -0.338 e. The highest BCUT2D eigenvalue weighted by Crippen LogP contribution is 2.65. The minimum atomic E-state index is 0.206. The van der Waals surface area contributed by atoms with Crippen LogP contribution in [0.3, 0.4) is 0 Å². The van der Waals surface area contributed by atoms with E-state index in [1.807, 2.05) is 0 Å². The van der Waals surface area contributed by atoms with E-state index in [0.717, 1.165) is 17.7 Å². The Morgan fingerprint density at radius 2 is 1.94 bits per heavy atom. The van der Waals surface area contributed by atoms with Gasteiger partial charge in [0.05, 0.1) is 5.41 Å². The molecule has 2 atom stereocenters. The molecule has 2 unspecified atom stereocenters. The van der Waals surface area contributed by atoms with Crippen LogP contribution in [0.15, 0.2) is 9.26 Å². The van der Waals surface area contributed by atoms with Crippen molar-refractivity contribution in [2.24, 2.45) is 17.3 Å². The molecule has 92 valence electrons. The largest absolute Gasteiger partial charge is 0.338 e. The van der Waals surface area contributed by atoms with E-state index in [9.17, 15) is 0 Å². The Balaban J connectivity index is 1.79. The van der Waals surface area contributed by atoms with Crippen LogP contribution in [0.4, 0.5) is 0 Å². The molecule has 1 aromatic rings. The second kappa shape index (κ2) is 3.14. The first-order valence-corrected chi connectivity index (χ1v) is 7.36. The molecule has 0 radical (unpaired) electrons. The highest BCUT2D eigenvalue weighted by atomic mass is 79.9. The van der Waals surface area contributed by atoms with Gasteiger partial charge in [-0.1, -0.05) is 6.92 Å². The third kappa shape index (κ3) is 1.46. The van der Waals surface area contributed by atoms with E-state index < -0.39 is 0 Å². The van der Waals surface area contributed by atoms with Gasteiger partial charge in [-0.05, 0) is 76.9 Å². The molecule has 0 spiro atoms. The summed E-state index contributed by atoms with van der Waals surface area (Å²) in [5, 5.41) is 3.93. The third-order valence-electron chi connectivity index (χ3n) is 5.21. The number of nitrogens with zero attached hydrogens (tertiary/aromatic N) is 2. The predicted molar refractivity (Wildman–Crippen MR) is 66.5 cm³/mol. The second-order valence-corrected chi connectivity index (χ2v) is 7.63. The average Bonchev–Trinajstić information content (AvgIpc) is 2.61. The molecule has 0 N–H and O–H groups in total. The zero-order valence-corrected chi connectivity index (χ0v) is 11.7. The fourth-order valence-electron chi connectivity index (χ4n) is 5.39. The first-order valence-electron chi connectivity index (χ1n) is 6.57. The van der Waals surface area contributed by atoms with Crippen molar-refractivity contribution in [1.82, 2.24) is 10.1 Å². The van der Waals surface area contributed by atoms with Crippen LogP contribution >= 0.6 is 15.9 Å². The number of aromatic nitrogens is 2. The van der Waals surface area contributed by atoms with Gasteiger partial charge >= 0.3 is 0 Å². The minimum absolute atomic E-state index is 0.206. The lowest BCUT2D eigenvalue weighted by Gasteiger charge is -2.59. The van der Waals surface area contributed by atoms with Gasteiger partial charge in [0.2, 0.25) is 10.6 Å². The SMILES string of the molecule is CC12CC3CC(C1)CC(c1nc(Br)no1)(C3)C2. The van der Waals surface area contributed by atoms with Gasteiger partial charge in [-0.3, -0.25) is 0 Å². The number of halogens is 1. The van der Waals surface area contributed by atoms with Gasteiger partial charge in [0.15, 0.2) is 0 Å². The van der Waals surface area contributed by atoms with Crippen molar-refractivity contribution >= 4 is 15.9 Å². The first kappa shape index (κ1) is 10.5. The van der Waals surface area contributed by atoms with Crippen LogP contribution in [0.5, 0.6) is 0 Å². The number of hydrogen-bond donors (Lipinski definition) is 0. The summed E-state index contributed by atoms with van der Waals surface area (Å²) in [6, 6.07) is 0. The number of rotatable bonds is 1. The third-order valence-corrected chi connectivity index (χ3v) is 5.53. The monoisotopic (exact) mass is 296 g/mol. The fraction of sp³-hybridized carbons (Fsp3) is 0.846. The van der Waals surface area contributed by atoms with E-state index in [0.29, 0.717) is 10.1 Å². The molecule has 0 saturated heterocycles. The molecule has 1 aromatic heterocycles. The van der Waals surface area contributed by atoms with Gasteiger partial charge in [-0.2, -0.15) is 4.98 Å². The molecule has 5 rings (SSSR count). The Morgan fingerprint density at radius 1 is 1.24 bits per heavy atom. The maximum atomic E-state index is 5.49. The van der Waals surface area contributed by atoms with E-state index in [2.05, 4.69) is 33.0 Å². The molecule has 4 saturated carbocycles. The summed E-state index contributed by atoms with van der Waals surface area (Å²) >= 11 is 3.31. The van der Waals surface area contributed by atoms with Crippen LogP contribution in [0.1, 0.15) is 51.3 Å². The van der Waals surface area contributed by atoms with Crippen molar-refractivity contribution in [3.05, 3.63) is 10.6 Å². The van der Waals surface area contributed by atoms with Crippen molar-refractivity contribution in [3.63, 3.8) is 0 Å². The van der Waals surface area contributed by atoms with Gasteiger partial charge in [0.25, 0.3) is 0 Å². The van der Waals surface area contributed by atoms with Gasteiger partial charge in [-0.25, -0.2) is 0 Å². The Hall–Kier alpha value is -0.380. The van der Waals surface area contributed by atoms with Crippen molar-refractivity contribution < 1.29 is 4.52 Å². The summed E-state index contributed by atoms with van der Waals surface area (Å²) in [7, 11) is 0. The van der Waals surface area contributed by atoms with E-state index >= 15 is 0 Å². The van der Waals surface area contributed by atoms with E-state index in [1.54, 1.807) is 0 Å². The molecule has 0 aliphatic heterocycles. The Labute approximate surface area is 109 Å². The molecule has 4 heteroatoms. The molecule has 4 bridgehead atoms. The molecule has 0 amide bonds. The summed E-state index contributed by atoms with van der Waals surface area (Å²) in [6.07, 6.45) is 8.07. The van der Waals surface area contributed by atoms with Crippen LogP contribution in [0.25, 0.3) is 0 Å². The normalized spacial score (nSPS) is 47.6. The maximum Gasteiger partial charge on any atom is 0.238 e. The van der Waals surface area contributed by atoms with Crippen molar-refractivity contribution in [3.8, 4) is 0 Å². The molecule has 3 nitrogen and oxygen atoms in total. The van der Waals surface area contributed by atoms with E-state index in [-0.39, 0.29) is 5.41 Å². The molecule has 0 aromatic carbocycles. The smallest absolute Gasteiger partial charge is 0.238 e. The Morgan fingerprint density at radius 3 is 2.47 bits per heavy atom. The van der Waals surface area contributed by atoms with Gasteiger partial charge in [0.1, 0.15) is 0 Å². The van der Waals surface area contributed by atoms with Gasteiger partial charge in [-0.15, -0.1) is 0 Å². The van der Waals surface area contributed by atoms with Crippen molar-refractivity contribution in [2.45, 2.75) is 50.9 Å². The summed E-state index contributed by atoms with van der Waals surface area (Å²) < 4.78 is 6.09. The standard InChI is InChI=1S/C13H17BrN2O/c1-12-3-8-2-9(4-12)6-13(5-8,7-12)10-15-11(14)16-17-10/h8-9H,2-7H2,1H3. The number of hydrogen-bond acceptors (Lipinski definition) is 3. The predicted octanol–water partition coefficient (Wildman–Crippen LogP) is 3.69. The summed E-state index contributed by atoms with van der Waals surface area (Å²) in [5.74, 6) is 2.68. The van der Waals surface area contributed by atoms with Crippen LogP contribution in [0, 0.1) is 17.3 Å². The molecule has 4 aliphatic carbocycles. The summed E-state index contributed by atoms with van der Waals surface area (Å²) in [6.45, 7) is 2.46. The van der Waals surface area contributed by atoms with Gasteiger partial charge in [0, 0.05) is 0 Å². The summed E-state index contributed by atoms with van der Waals surface area (Å²) in [5.41, 5.74) is 0.739. The zero-order chi connectivity index (χ0) is 11.7. The zero-order valence-electron chi connectivity index (χ0n) is 10.1. The molecule has 4 aliphatic rings. The van der Waals surface area contributed by atoms with Crippen LogP contribution in [0.2, 0.25) is 0 Å². The highest BCUT2D eigenvalue weighted by Gasteiger charge is 2.58. The lowest BCUT2D eigenvalue weighted by molar-refractivity contribution is -0.0724. The Kier molecular flexibility index (Phi) is 1.94. The molecular weight excluding hydrogens is 280 g/mol. The second-order valence-electron chi connectivity index (χ2n) is 6.92. The van der Waals surface area contributed by atoms with Crippen LogP contribution < -0.4 is 0 Å². The fourth-order valence-corrected chi connectivity index (χ4v) is 5.62. The topological polar surface area (TPSA) is 38.9 Å². The van der Waals surface area contributed by atoms with Crippen LogP contribution in [-0.4, -0.2) is 10.1 Å². The molecule has 4 fully saturated rings. The van der Waals surface area contributed by atoms with Crippen molar-refractivity contribution in [2.75, 3.05) is 0 Å². The first-order chi connectivity index (χ1) is 8.07. The molecule has 1 heterocycles. The van der Waals surface area contributed by atoms with E-state index in [1.165, 1.54) is 38.5 Å². The molecular formula is C13H17BrN2O. The molecule has 17 heavy (non-hydrogen) atoms.